The molecule has 18 heavy (non-hydrogen) atoms. The van der Waals surface area contributed by atoms with Crippen LogP contribution in [-0.4, -0.2) is 16.1 Å². The highest BCUT2D eigenvalue weighted by molar-refractivity contribution is 5.85. The molecule has 0 aliphatic rings. The molecule has 1 aromatic carbocycles. The molecule has 2 rings (SSSR count). The van der Waals surface area contributed by atoms with Gasteiger partial charge in [0.1, 0.15) is 0 Å². The van der Waals surface area contributed by atoms with Crippen molar-refractivity contribution in [2.24, 2.45) is 0 Å². The zero-order chi connectivity index (χ0) is 13.1. The molecule has 0 atom stereocenters. The van der Waals surface area contributed by atoms with Crippen LogP contribution in [0, 0.1) is 13.8 Å². The summed E-state index contributed by atoms with van der Waals surface area (Å²) in [6.45, 7) is 3.68. The van der Waals surface area contributed by atoms with Gasteiger partial charge >= 0.3 is 5.97 Å². The van der Waals surface area contributed by atoms with Gasteiger partial charge in [-0.15, -0.1) is 0 Å². The van der Waals surface area contributed by atoms with E-state index < -0.39 is 5.97 Å². The molecule has 2 aromatic rings. The summed E-state index contributed by atoms with van der Waals surface area (Å²) in [5.74, 6) is -0.651. The van der Waals surface area contributed by atoms with Crippen LogP contribution in [0.2, 0.25) is 0 Å². The Labute approximate surface area is 105 Å². The normalized spacial score (nSPS) is 10.6. The Balaban J connectivity index is 2.06. The Hall–Kier alpha value is -2.10. The van der Waals surface area contributed by atoms with Crippen molar-refractivity contribution in [3.8, 4) is 0 Å². The molecule has 0 spiro atoms. The van der Waals surface area contributed by atoms with Crippen LogP contribution in [0.5, 0.6) is 0 Å². The van der Waals surface area contributed by atoms with E-state index in [1.54, 1.807) is 6.92 Å². The maximum Gasteiger partial charge on any atom is 0.373 e. The molecule has 1 heterocycles. The Morgan fingerprint density at radius 3 is 2.72 bits per heavy atom. The van der Waals surface area contributed by atoms with Crippen LogP contribution in [0.1, 0.15) is 33.3 Å². The standard InChI is InChI=1S/C14H15NO3/c1-9-4-3-5-11(8-9)6-7-12-15-10(2)13(18-12)14(16)17/h3-5,8H,6-7H2,1-2H3,(H,16,17). The minimum atomic E-state index is -1.07. The molecule has 0 aliphatic carbocycles. The third kappa shape index (κ3) is 2.77. The van der Waals surface area contributed by atoms with Gasteiger partial charge < -0.3 is 9.52 Å². The van der Waals surface area contributed by atoms with Crippen molar-refractivity contribution in [3.05, 3.63) is 52.7 Å². The first-order valence-electron chi connectivity index (χ1n) is 5.81. The van der Waals surface area contributed by atoms with Crippen LogP contribution in [-0.2, 0) is 12.8 Å². The van der Waals surface area contributed by atoms with Crippen molar-refractivity contribution in [1.82, 2.24) is 4.98 Å². The number of aryl methyl sites for hydroxylation is 4. The van der Waals surface area contributed by atoms with Crippen molar-refractivity contribution >= 4 is 5.97 Å². The fourth-order valence-electron chi connectivity index (χ4n) is 1.88. The number of carbonyl (C=O) groups is 1. The van der Waals surface area contributed by atoms with Gasteiger partial charge in [-0.25, -0.2) is 9.78 Å². The van der Waals surface area contributed by atoms with Crippen molar-refractivity contribution in [2.75, 3.05) is 0 Å². The van der Waals surface area contributed by atoms with Crippen LogP contribution in [0.4, 0.5) is 0 Å². The Bertz CT molecular complexity index is 572. The third-order valence-corrected chi connectivity index (χ3v) is 2.75. The van der Waals surface area contributed by atoms with Crippen molar-refractivity contribution in [1.29, 1.82) is 0 Å². The van der Waals surface area contributed by atoms with E-state index in [2.05, 4.69) is 11.1 Å². The first-order valence-corrected chi connectivity index (χ1v) is 5.81. The van der Waals surface area contributed by atoms with E-state index >= 15 is 0 Å². The first kappa shape index (κ1) is 12.4. The molecule has 0 saturated carbocycles. The molecule has 1 aromatic heterocycles. The molecule has 94 valence electrons. The quantitative estimate of drug-likeness (QED) is 0.899. The highest BCUT2D eigenvalue weighted by atomic mass is 16.4. The second-order valence-electron chi connectivity index (χ2n) is 4.32. The summed E-state index contributed by atoms with van der Waals surface area (Å²) < 4.78 is 5.22. The fraction of sp³-hybridized carbons (Fsp3) is 0.286. The van der Waals surface area contributed by atoms with E-state index in [0.717, 1.165) is 6.42 Å². The van der Waals surface area contributed by atoms with Crippen molar-refractivity contribution in [2.45, 2.75) is 26.7 Å². The third-order valence-electron chi connectivity index (χ3n) is 2.75. The number of oxazole rings is 1. The predicted octanol–water partition coefficient (Wildman–Crippen LogP) is 2.77. The number of hydrogen-bond donors (Lipinski definition) is 1. The van der Waals surface area contributed by atoms with Crippen LogP contribution < -0.4 is 0 Å². The van der Waals surface area contributed by atoms with E-state index in [-0.39, 0.29) is 5.76 Å². The Kier molecular flexibility index (Phi) is 3.46. The first-order chi connectivity index (χ1) is 8.56. The van der Waals surface area contributed by atoms with Crippen LogP contribution in [0.25, 0.3) is 0 Å². The van der Waals surface area contributed by atoms with Crippen LogP contribution >= 0.6 is 0 Å². The van der Waals surface area contributed by atoms with Gasteiger partial charge in [0.25, 0.3) is 0 Å². The summed E-state index contributed by atoms with van der Waals surface area (Å²) in [5.41, 5.74) is 2.84. The number of aromatic nitrogens is 1. The number of carboxylic acids is 1. The highest BCUT2D eigenvalue weighted by Gasteiger charge is 2.15. The molecule has 0 fully saturated rings. The number of nitrogens with zero attached hydrogens (tertiary/aromatic N) is 1. The molecular formula is C14H15NO3. The average molecular weight is 245 g/mol. The van der Waals surface area contributed by atoms with Crippen molar-refractivity contribution < 1.29 is 14.3 Å². The second-order valence-corrected chi connectivity index (χ2v) is 4.32. The van der Waals surface area contributed by atoms with Gasteiger partial charge in [-0.2, -0.15) is 0 Å². The zero-order valence-corrected chi connectivity index (χ0v) is 10.4. The second kappa shape index (κ2) is 5.04. The van der Waals surface area contributed by atoms with E-state index in [9.17, 15) is 4.79 Å². The van der Waals surface area contributed by atoms with Gasteiger partial charge in [-0.05, 0) is 25.8 Å². The minimum Gasteiger partial charge on any atom is -0.475 e. The van der Waals surface area contributed by atoms with Crippen LogP contribution in [0.3, 0.4) is 0 Å². The minimum absolute atomic E-state index is 0.0609. The van der Waals surface area contributed by atoms with Gasteiger partial charge in [0.2, 0.25) is 5.76 Å². The van der Waals surface area contributed by atoms with E-state index in [1.807, 2.05) is 25.1 Å². The molecule has 0 amide bonds. The molecule has 1 N–H and O–H groups in total. The molecule has 0 radical (unpaired) electrons. The fourth-order valence-corrected chi connectivity index (χ4v) is 1.88. The number of benzene rings is 1. The highest BCUT2D eigenvalue weighted by Crippen LogP contribution is 2.13. The smallest absolute Gasteiger partial charge is 0.373 e. The lowest BCUT2D eigenvalue weighted by Gasteiger charge is -2.00. The Morgan fingerprint density at radius 1 is 1.33 bits per heavy atom. The van der Waals surface area contributed by atoms with Gasteiger partial charge in [0.05, 0.1) is 5.69 Å². The molecule has 0 saturated heterocycles. The number of carboxylic acid groups (broad SMARTS) is 1. The molecule has 0 bridgehead atoms. The van der Waals surface area contributed by atoms with Gasteiger partial charge in [0, 0.05) is 6.42 Å². The molecule has 0 aliphatic heterocycles. The monoisotopic (exact) mass is 245 g/mol. The molecular weight excluding hydrogens is 230 g/mol. The summed E-state index contributed by atoms with van der Waals surface area (Å²) in [4.78, 5) is 14.9. The predicted molar refractivity (Wildman–Crippen MR) is 66.8 cm³/mol. The lowest BCUT2D eigenvalue weighted by molar-refractivity contribution is 0.0659. The average Bonchev–Trinajstić information content (AvgIpc) is 2.68. The topological polar surface area (TPSA) is 63.3 Å². The van der Waals surface area contributed by atoms with E-state index in [1.165, 1.54) is 11.1 Å². The molecule has 0 unspecified atom stereocenters. The van der Waals surface area contributed by atoms with Crippen molar-refractivity contribution in [3.63, 3.8) is 0 Å². The summed E-state index contributed by atoms with van der Waals surface area (Å²) in [7, 11) is 0. The van der Waals surface area contributed by atoms with Gasteiger partial charge in [0.15, 0.2) is 5.89 Å². The zero-order valence-electron chi connectivity index (χ0n) is 10.4. The van der Waals surface area contributed by atoms with Gasteiger partial charge in [-0.1, -0.05) is 29.8 Å². The maximum atomic E-state index is 10.8. The summed E-state index contributed by atoms with van der Waals surface area (Å²) in [5, 5.41) is 8.87. The number of hydrogen-bond acceptors (Lipinski definition) is 3. The lowest BCUT2D eigenvalue weighted by Crippen LogP contribution is -1.95. The van der Waals surface area contributed by atoms with E-state index in [0.29, 0.717) is 18.0 Å². The SMILES string of the molecule is Cc1cccc(CCc2nc(C)c(C(=O)O)o2)c1. The lowest BCUT2D eigenvalue weighted by atomic mass is 10.1. The van der Waals surface area contributed by atoms with Gasteiger partial charge in [-0.3, -0.25) is 0 Å². The molecule has 4 heteroatoms. The summed E-state index contributed by atoms with van der Waals surface area (Å²) >= 11 is 0. The van der Waals surface area contributed by atoms with E-state index in [4.69, 9.17) is 9.52 Å². The Morgan fingerprint density at radius 2 is 2.11 bits per heavy atom. The number of aromatic carboxylic acids is 1. The largest absolute Gasteiger partial charge is 0.475 e. The maximum absolute atomic E-state index is 10.8. The molecule has 4 nitrogen and oxygen atoms in total. The number of rotatable bonds is 4. The van der Waals surface area contributed by atoms with Crippen LogP contribution in [0.15, 0.2) is 28.7 Å². The summed E-state index contributed by atoms with van der Waals surface area (Å²) in [6, 6.07) is 8.20. The summed E-state index contributed by atoms with van der Waals surface area (Å²) in [6.07, 6.45) is 1.40.